The number of benzene rings is 3. The average Bonchev–Trinajstić information content (AvgIpc) is 3.41. The van der Waals surface area contributed by atoms with Gasteiger partial charge in [-0.15, -0.1) is 0 Å². The maximum Gasteiger partial charge on any atom is 0.319 e. The molecule has 0 radical (unpaired) electrons. The summed E-state index contributed by atoms with van der Waals surface area (Å²) in [4.78, 5) is 27.2. The number of urea groups is 1. The molecule has 1 aromatic heterocycles. The Bertz CT molecular complexity index is 1380. The van der Waals surface area contributed by atoms with Gasteiger partial charge in [0.2, 0.25) is 0 Å². The maximum absolute atomic E-state index is 13.1. The fourth-order valence-electron chi connectivity index (χ4n) is 4.60. The van der Waals surface area contributed by atoms with Gasteiger partial charge in [-0.25, -0.2) is 4.79 Å². The van der Waals surface area contributed by atoms with Crippen LogP contribution in [0.1, 0.15) is 34.7 Å². The van der Waals surface area contributed by atoms with Gasteiger partial charge in [-0.1, -0.05) is 48.0 Å². The number of carbonyl (C=O) groups is 2. The van der Waals surface area contributed by atoms with Crippen molar-refractivity contribution in [2.45, 2.75) is 26.4 Å². The second-order valence-corrected chi connectivity index (χ2v) is 9.52. The van der Waals surface area contributed by atoms with Crippen LogP contribution in [-0.2, 0) is 6.61 Å². The number of likely N-dealkylation sites (tertiary alicyclic amines) is 1. The molecule has 7 nitrogen and oxygen atoms in total. The summed E-state index contributed by atoms with van der Waals surface area (Å²) in [6, 6.07) is 25.0. The SMILES string of the molecule is Cc1ccc(NC(=O)NCC2CCCN(C(=O)c3ccc(COc4ccc5ccccc5c4)o3)C2)cc1. The zero-order valence-electron chi connectivity index (χ0n) is 20.9. The number of piperidine rings is 1. The molecule has 0 saturated carbocycles. The fraction of sp³-hybridized carbons (Fsp3) is 0.267. The highest BCUT2D eigenvalue weighted by atomic mass is 16.5. The van der Waals surface area contributed by atoms with Gasteiger partial charge in [0.15, 0.2) is 5.76 Å². The predicted molar refractivity (Wildman–Crippen MR) is 144 cm³/mol. The van der Waals surface area contributed by atoms with Crippen LogP contribution in [0, 0.1) is 12.8 Å². The first-order valence-electron chi connectivity index (χ1n) is 12.6. The molecule has 37 heavy (non-hydrogen) atoms. The highest BCUT2D eigenvalue weighted by Crippen LogP contribution is 2.23. The number of hydrogen-bond donors (Lipinski definition) is 2. The number of amides is 3. The zero-order chi connectivity index (χ0) is 25.6. The predicted octanol–water partition coefficient (Wildman–Crippen LogP) is 5.99. The van der Waals surface area contributed by atoms with Crippen molar-refractivity contribution in [2.75, 3.05) is 25.0 Å². The van der Waals surface area contributed by atoms with Crippen LogP contribution in [0.2, 0.25) is 0 Å². The number of aryl methyl sites for hydroxylation is 1. The van der Waals surface area contributed by atoms with Gasteiger partial charge >= 0.3 is 6.03 Å². The van der Waals surface area contributed by atoms with Crippen LogP contribution in [0.25, 0.3) is 10.8 Å². The summed E-state index contributed by atoms with van der Waals surface area (Å²) in [6.07, 6.45) is 1.84. The Hall–Kier alpha value is -4.26. The Balaban J connectivity index is 1.11. The summed E-state index contributed by atoms with van der Waals surface area (Å²) >= 11 is 0. The highest BCUT2D eigenvalue weighted by molar-refractivity contribution is 5.91. The lowest BCUT2D eigenvalue weighted by Gasteiger charge is -2.32. The molecule has 4 aromatic rings. The van der Waals surface area contributed by atoms with Gasteiger partial charge in [0.05, 0.1) is 0 Å². The van der Waals surface area contributed by atoms with Crippen molar-refractivity contribution in [3.63, 3.8) is 0 Å². The number of carbonyl (C=O) groups excluding carboxylic acids is 2. The minimum Gasteiger partial charge on any atom is -0.486 e. The Kier molecular flexibility index (Phi) is 7.40. The molecule has 1 fully saturated rings. The lowest BCUT2D eigenvalue weighted by molar-refractivity contribution is 0.0639. The van der Waals surface area contributed by atoms with Crippen molar-refractivity contribution in [1.29, 1.82) is 0 Å². The molecule has 7 heteroatoms. The molecule has 2 N–H and O–H groups in total. The molecule has 1 atom stereocenters. The lowest BCUT2D eigenvalue weighted by Crippen LogP contribution is -2.44. The normalized spacial score (nSPS) is 15.4. The fourth-order valence-corrected chi connectivity index (χ4v) is 4.60. The van der Waals surface area contributed by atoms with Gasteiger partial charge in [-0.05, 0) is 72.9 Å². The minimum atomic E-state index is -0.241. The van der Waals surface area contributed by atoms with Crippen molar-refractivity contribution < 1.29 is 18.7 Å². The third kappa shape index (κ3) is 6.30. The Labute approximate surface area is 216 Å². The van der Waals surface area contributed by atoms with Crippen LogP contribution in [0.4, 0.5) is 10.5 Å². The van der Waals surface area contributed by atoms with Gasteiger partial charge in [0.25, 0.3) is 5.91 Å². The zero-order valence-corrected chi connectivity index (χ0v) is 20.9. The largest absolute Gasteiger partial charge is 0.486 e. The van der Waals surface area contributed by atoms with E-state index in [4.69, 9.17) is 9.15 Å². The van der Waals surface area contributed by atoms with Gasteiger partial charge in [-0.3, -0.25) is 4.79 Å². The first-order valence-corrected chi connectivity index (χ1v) is 12.6. The first kappa shape index (κ1) is 24.4. The third-order valence-corrected chi connectivity index (χ3v) is 6.64. The second kappa shape index (κ2) is 11.2. The van der Waals surface area contributed by atoms with Crippen molar-refractivity contribution in [1.82, 2.24) is 10.2 Å². The third-order valence-electron chi connectivity index (χ3n) is 6.64. The molecular weight excluding hydrogens is 466 g/mol. The summed E-state index contributed by atoms with van der Waals surface area (Å²) in [7, 11) is 0. The summed E-state index contributed by atoms with van der Waals surface area (Å²) < 4.78 is 11.7. The van der Waals surface area contributed by atoms with Gasteiger partial charge < -0.3 is 24.7 Å². The smallest absolute Gasteiger partial charge is 0.319 e. The van der Waals surface area contributed by atoms with E-state index in [0.717, 1.165) is 40.6 Å². The van der Waals surface area contributed by atoms with Crippen molar-refractivity contribution >= 4 is 28.4 Å². The van der Waals surface area contributed by atoms with E-state index < -0.39 is 0 Å². The van der Waals surface area contributed by atoms with Crippen LogP contribution >= 0.6 is 0 Å². The Morgan fingerprint density at radius 2 is 1.81 bits per heavy atom. The quantitative estimate of drug-likeness (QED) is 0.328. The molecule has 1 saturated heterocycles. The first-order chi connectivity index (χ1) is 18.0. The van der Waals surface area contributed by atoms with E-state index in [1.807, 2.05) is 67.6 Å². The molecule has 0 aliphatic carbocycles. The van der Waals surface area contributed by atoms with Crippen LogP contribution < -0.4 is 15.4 Å². The van der Waals surface area contributed by atoms with Crippen LogP contribution in [0.5, 0.6) is 5.75 Å². The number of fused-ring (bicyclic) bond motifs is 1. The number of ether oxygens (including phenoxy) is 1. The van der Waals surface area contributed by atoms with Gasteiger partial charge in [-0.2, -0.15) is 0 Å². The molecule has 0 spiro atoms. The van der Waals surface area contributed by atoms with Crippen molar-refractivity contribution in [2.24, 2.45) is 5.92 Å². The number of rotatable bonds is 7. The number of anilines is 1. The van der Waals surface area contributed by atoms with E-state index in [2.05, 4.69) is 16.7 Å². The number of nitrogens with zero attached hydrogens (tertiary/aromatic N) is 1. The molecular formula is C30H31N3O4. The van der Waals surface area contributed by atoms with Crippen LogP contribution in [-0.4, -0.2) is 36.5 Å². The number of hydrogen-bond acceptors (Lipinski definition) is 4. The molecule has 1 aliphatic rings. The standard InChI is InChI=1S/C30H31N3O4/c1-21-8-11-25(12-9-21)32-30(35)31-18-22-5-4-16-33(19-22)29(34)28-15-14-27(37-28)20-36-26-13-10-23-6-2-3-7-24(23)17-26/h2-3,6-15,17,22H,4-5,16,18-20H2,1H3,(H2,31,32,35). The minimum absolute atomic E-state index is 0.134. The Morgan fingerprint density at radius 3 is 2.65 bits per heavy atom. The summed E-state index contributed by atoms with van der Waals surface area (Å²) in [5, 5.41) is 8.04. The van der Waals surface area contributed by atoms with Crippen molar-refractivity contribution in [3.05, 3.63) is 95.9 Å². The van der Waals surface area contributed by atoms with E-state index in [1.165, 1.54) is 0 Å². The van der Waals surface area contributed by atoms with E-state index in [0.29, 0.717) is 31.2 Å². The molecule has 1 aliphatic heterocycles. The molecule has 3 aromatic carbocycles. The van der Waals surface area contributed by atoms with E-state index in [-0.39, 0.29) is 24.5 Å². The highest BCUT2D eigenvalue weighted by Gasteiger charge is 2.26. The second-order valence-electron chi connectivity index (χ2n) is 9.52. The number of furan rings is 1. The summed E-state index contributed by atoms with van der Waals surface area (Å²) in [5.74, 6) is 1.71. The molecule has 2 heterocycles. The molecule has 190 valence electrons. The Morgan fingerprint density at radius 1 is 1.00 bits per heavy atom. The molecule has 5 rings (SSSR count). The van der Waals surface area contributed by atoms with E-state index in [9.17, 15) is 9.59 Å². The van der Waals surface area contributed by atoms with E-state index >= 15 is 0 Å². The summed E-state index contributed by atoms with van der Waals surface area (Å²) in [5.41, 5.74) is 1.89. The van der Waals surface area contributed by atoms with Crippen LogP contribution in [0.15, 0.2) is 83.3 Å². The van der Waals surface area contributed by atoms with Crippen molar-refractivity contribution in [3.8, 4) is 5.75 Å². The van der Waals surface area contributed by atoms with Crippen LogP contribution in [0.3, 0.4) is 0 Å². The number of nitrogens with one attached hydrogen (secondary N) is 2. The topological polar surface area (TPSA) is 83.8 Å². The summed E-state index contributed by atoms with van der Waals surface area (Å²) in [6.45, 7) is 4.00. The van der Waals surface area contributed by atoms with E-state index in [1.54, 1.807) is 17.0 Å². The average molecular weight is 498 g/mol. The lowest BCUT2D eigenvalue weighted by atomic mass is 9.98. The molecule has 1 unspecified atom stereocenters. The van der Waals surface area contributed by atoms with Gasteiger partial charge in [0, 0.05) is 25.3 Å². The van der Waals surface area contributed by atoms with Gasteiger partial charge in [0.1, 0.15) is 18.1 Å². The maximum atomic E-state index is 13.1. The monoisotopic (exact) mass is 497 g/mol. The molecule has 0 bridgehead atoms. The molecule has 3 amide bonds.